The molecular weight excluding hydrogens is 472 g/mol. The van der Waals surface area contributed by atoms with Crippen LogP contribution in [0.3, 0.4) is 0 Å². The van der Waals surface area contributed by atoms with E-state index in [4.69, 9.17) is 4.74 Å². The summed E-state index contributed by atoms with van der Waals surface area (Å²) in [6.45, 7) is 3.52. The molecule has 1 amide bonds. The van der Waals surface area contributed by atoms with E-state index in [1.807, 2.05) is 30.3 Å². The van der Waals surface area contributed by atoms with Gasteiger partial charge in [-0.1, -0.05) is 25.1 Å². The summed E-state index contributed by atoms with van der Waals surface area (Å²) >= 11 is 0. The molecule has 4 aromatic rings. The molecule has 0 bridgehead atoms. The number of nitrogens with zero attached hydrogens (tertiary/aromatic N) is 4. The summed E-state index contributed by atoms with van der Waals surface area (Å²) in [6.07, 6.45) is 7.52. The lowest BCUT2D eigenvalue weighted by Gasteiger charge is -2.16. The van der Waals surface area contributed by atoms with Gasteiger partial charge in [-0.25, -0.2) is 15.0 Å². The fraction of sp³-hybridized carbons (Fsp3) is 0.296. The lowest BCUT2D eigenvalue weighted by Crippen LogP contribution is -2.18. The van der Waals surface area contributed by atoms with Crippen molar-refractivity contribution in [3.05, 3.63) is 72.3 Å². The summed E-state index contributed by atoms with van der Waals surface area (Å²) in [7, 11) is 1.63. The highest BCUT2D eigenvalue weighted by molar-refractivity contribution is 7.59. The molecule has 186 valence electrons. The third-order valence-corrected chi connectivity index (χ3v) is 6.26. The van der Waals surface area contributed by atoms with E-state index in [1.54, 1.807) is 31.8 Å². The molecule has 1 aliphatic carbocycles. The third-order valence-electron chi connectivity index (χ3n) is 6.26. The molecule has 3 heterocycles. The normalized spacial score (nSPS) is 13.5. The molecule has 3 aromatic heterocycles. The van der Waals surface area contributed by atoms with Gasteiger partial charge in [0.05, 0.1) is 23.4 Å². The maximum atomic E-state index is 12.3. The molecule has 1 fully saturated rings. The van der Waals surface area contributed by atoms with Crippen LogP contribution in [-0.4, -0.2) is 46.0 Å². The van der Waals surface area contributed by atoms with Gasteiger partial charge in [-0.05, 0) is 36.5 Å². The standard InChI is InChI=1S/C27H28N6O2.H2S/c1-17(20-4-3-5-21-22(27(34)28-2)10-11-29-26(20)21)13-30-24-12-23(32-16-33-24)19-8-9-25(31-14-19)35-15-18-6-7-18;/h3-5,8-12,14,16-18H,6-7,13,15H2,1-2H3,(H,28,34)(H,30,32,33);1H2/t17-;/m1./s1. The SMILES string of the molecule is CNC(=O)c1ccnc2c([C@H](C)CNc3cc(-c4ccc(OCC5CC5)nc4)ncn3)cccc12.S. The van der Waals surface area contributed by atoms with Gasteiger partial charge in [-0.15, -0.1) is 0 Å². The lowest BCUT2D eigenvalue weighted by atomic mass is 9.96. The second kappa shape index (κ2) is 11.3. The number of rotatable bonds is 9. The Morgan fingerprint density at radius 3 is 2.72 bits per heavy atom. The van der Waals surface area contributed by atoms with E-state index in [0.29, 0.717) is 23.9 Å². The molecule has 0 aliphatic heterocycles. The minimum atomic E-state index is -0.120. The minimum absolute atomic E-state index is 0. The van der Waals surface area contributed by atoms with Gasteiger partial charge in [0.2, 0.25) is 5.88 Å². The summed E-state index contributed by atoms with van der Waals surface area (Å²) in [5, 5.41) is 6.96. The van der Waals surface area contributed by atoms with Crippen molar-refractivity contribution in [2.45, 2.75) is 25.7 Å². The molecule has 1 aromatic carbocycles. The Morgan fingerprint density at radius 1 is 1.11 bits per heavy atom. The van der Waals surface area contributed by atoms with Gasteiger partial charge in [0.15, 0.2) is 0 Å². The molecule has 5 rings (SSSR count). The zero-order valence-electron chi connectivity index (χ0n) is 20.4. The third kappa shape index (κ3) is 5.73. The number of benzene rings is 1. The number of hydrogen-bond donors (Lipinski definition) is 2. The highest BCUT2D eigenvalue weighted by Crippen LogP contribution is 2.30. The number of nitrogens with one attached hydrogen (secondary N) is 2. The number of hydrogen-bond acceptors (Lipinski definition) is 7. The highest BCUT2D eigenvalue weighted by Gasteiger charge is 2.22. The molecule has 36 heavy (non-hydrogen) atoms. The molecule has 1 saturated carbocycles. The van der Waals surface area contributed by atoms with Crippen LogP contribution in [0.25, 0.3) is 22.2 Å². The fourth-order valence-electron chi connectivity index (χ4n) is 4.01. The number of amides is 1. The van der Waals surface area contributed by atoms with Crippen LogP contribution in [0.4, 0.5) is 5.82 Å². The minimum Gasteiger partial charge on any atom is -0.477 e. The largest absolute Gasteiger partial charge is 0.477 e. The summed E-state index contributed by atoms with van der Waals surface area (Å²) in [5.74, 6) is 2.08. The second-order valence-electron chi connectivity index (χ2n) is 8.89. The van der Waals surface area contributed by atoms with Crippen molar-refractivity contribution in [2.75, 3.05) is 25.5 Å². The van der Waals surface area contributed by atoms with Crippen molar-refractivity contribution in [3.8, 4) is 17.1 Å². The first-order chi connectivity index (χ1) is 17.1. The number of fused-ring (bicyclic) bond motifs is 1. The van der Waals surface area contributed by atoms with Crippen molar-refractivity contribution in [1.29, 1.82) is 0 Å². The first-order valence-electron chi connectivity index (χ1n) is 11.9. The Kier molecular flexibility index (Phi) is 8.00. The molecule has 9 heteroatoms. The predicted octanol–water partition coefficient (Wildman–Crippen LogP) is 4.56. The van der Waals surface area contributed by atoms with Crippen LogP contribution in [0.15, 0.2) is 61.2 Å². The maximum Gasteiger partial charge on any atom is 0.251 e. The van der Waals surface area contributed by atoms with Gasteiger partial charge >= 0.3 is 0 Å². The van der Waals surface area contributed by atoms with Crippen molar-refractivity contribution in [2.24, 2.45) is 5.92 Å². The fourth-order valence-corrected chi connectivity index (χ4v) is 4.01. The van der Waals surface area contributed by atoms with Crippen molar-refractivity contribution < 1.29 is 9.53 Å². The van der Waals surface area contributed by atoms with Gasteiger partial charge in [0.25, 0.3) is 5.91 Å². The molecule has 0 spiro atoms. The monoisotopic (exact) mass is 502 g/mol. The average Bonchev–Trinajstić information content (AvgIpc) is 3.74. The molecular formula is C27H30N6O2S. The van der Waals surface area contributed by atoms with Crippen molar-refractivity contribution in [3.63, 3.8) is 0 Å². The van der Waals surface area contributed by atoms with E-state index in [-0.39, 0.29) is 25.3 Å². The van der Waals surface area contributed by atoms with Crippen LogP contribution in [0, 0.1) is 5.92 Å². The van der Waals surface area contributed by atoms with Gasteiger partial charge in [-0.3, -0.25) is 9.78 Å². The Morgan fingerprint density at radius 2 is 1.97 bits per heavy atom. The Labute approximate surface area is 217 Å². The van der Waals surface area contributed by atoms with E-state index in [2.05, 4.69) is 43.6 Å². The molecule has 0 radical (unpaired) electrons. The second-order valence-corrected chi connectivity index (χ2v) is 8.89. The highest BCUT2D eigenvalue weighted by atomic mass is 32.1. The molecule has 1 atom stereocenters. The molecule has 0 saturated heterocycles. The van der Waals surface area contributed by atoms with E-state index >= 15 is 0 Å². The zero-order chi connectivity index (χ0) is 24.2. The number of carbonyl (C=O) groups is 1. The van der Waals surface area contributed by atoms with Crippen LogP contribution in [-0.2, 0) is 0 Å². The molecule has 1 aliphatic rings. The number of pyridine rings is 2. The van der Waals surface area contributed by atoms with E-state index in [1.165, 1.54) is 12.8 Å². The molecule has 0 unspecified atom stereocenters. The van der Waals surface area contributed by atoms with Crippen LogP contribution >= 0.6 is 13.5 Å². The van der Waals surface area contributed by atoms with Crippen LogP contribution < -0.4 is 15.4 Å². The summed E-state index contributed by atoms with van der Waals surface area (Å²) in [6, 6.07) is 13.5. The summed E-state index contributed by atoms with van der Waals surface area (Å²) < 4.78 is 5.73. The van der Waals surface area contributed by atoms with Gasteiger partial charge < -0.3 is 15.4 Å². The Hall–Kier alpha value is -3.72. The molecule has 2 N–H and O–H groups in total. The predicted molar refractivity (Wildman–Crippen MR) is 146 cm³/mol. The van der Waals surface area contributed by atoms with E-state index in [0.717, 1.165) is 40.1 Å². The Balaban J connectivity index is 0.00000304. The van der Waals surface area contributed by atoms with Gasteiger partial charge in [0.1, 0.15) is 12.1 Å². The summed E-state index contributed by atoms with van der Waals surface area (Å²) in [5.41, 5.74) is 4.22. The number of anilines is 1. The van der Waals surface area contributed by atoms with E-state index < -0.39 is 0 Å². The number of ether oxygens (including phenoxy) is 1. The topological polar surface area (TPSA) is 102 Å². The number of aromatic nitrogens is 4. The maximum absolute atomic E-state index is 12.3. The lowest BCUT2D eigenvalue weighted by molar-refractivity contribution is 0.0964. The van der Waals surface area contributed by atoms with Crippen molar-refractivity contribution >= 4 is 36.1 Å². The molecule has 8 nitrogen and oxygen atoms in total. The van der Waals surface area contributed by atoms with Crippen LogP contribution in [0.1, 0.15) is 41.6 Å². The first kappa shape index (κ1) is 25.4. The van der Waals surface area contributed by atoms with Gasteiger partial charge in [0, 0.05) is 55.0 Å². The number of para-hydroxylation sites is 1. The summed E-state index contributed by atoms with van der Waals surface area (Å²) in [4.78, 5) is 30.0. The first-order valence-corrected chi connectivity index (χ1v) is 11.9. The van der Waals surface area contributed by atoms with Crippen LogP contribution in [0.5, 0.6) is 5.88 Å². The smallest absolute Gasteiger partial charge is 0.251 e. The van der Waals surface area contributed by atoms with E-state index in [9.17, 15) is 4.79 Å². The van der Waals surface area contributed by atoms with Gasteiger partial charge in [-0.2, -0.15) is 13.5 Å². The Bertz CT molecular complexity index is 1340. The average molecular weight is 503 g/mol. The van der Waals surface area contributed by atoms with Crippen LogP contribution in [0.2, 0.25) is 0 Å². The zero-order valence-corrected chi connectivity index (χ0v) is 21.4. The quantitative estimate of drug-likeness (QED) is 0.346. The van der Waals surface area contributed by atoms with Crippen molar-refractivity contribution in [1.82, 2.24) is 25.3 Å². The number of carbonyl (C=O) groups excluding carboxylic acids is 1.